The minimum absolute atomic E-state index is 0.0201. The van der Waals surface area contributed by atoms with Gasteiger partial charge in [-0.15, -0.1) is 0 Å². The Bertz CT molecular complexity index is 1280. The molecule has 0 bridgehead atoms. The number of ether oxygens (including phenoxy) is 1. The van der Waals surface area contributed by atoms with Crippen LogP contribution in [0.1, 0.15) is 31.2 Å². The molecule has 34 heavy (non-hydrogen) atoms. The van der Waals surface area contributed by atoms with Gasteiger partial charge in [-0.3, -0.25) is 9.59 Å². The highest BCUT2D eigenvalue weighted by Crippen LogP contribution is 2.38. The van der Waals surface area contributed by atoms with E-state index in [9.17, 15) is 27.9 Å². The number of carboxylic acid groups (broad SMARTS) is 1. The first-order chi connectivity index (χ1) is 16.1. The number of carbonyl (C=O) groups is 1. The maximum Gasteiger partial charge on any atom is 0.416 e. The van der Waals surface area contributed by atoms with E-state index in [1.807, 2.05) is 0 Å². The molecular weight excluding hydrogens is 475 g/mol. The Labute approximate surface area is 197 Å². The number of para-hydroxylation sites is 1. The Morgan fingerprint density at radius 1 is 1.21 bits per heavy atom. The van der Waals surface area contributed by atoms with Gasteiger partial charge in [0.25, 0.3) is 0 Å². The predicted octanol–water partition coefficient (Wildman–Crippen LogP) is 5.50. The van der Waals surface area contributed by atoms with Crippen LogP contribution in [0.3, 0.4) is 0 Å². The molecule has 2 aromatic carbocycles. The van der Waals surface area contributed by atoms with Crippen molar-refractivity contribution in [3.63, 3.8) is 0 Å². The Morgan fingerprint density at radius 2 is 1.97 bits per heavy atom. The van der Waals surface area contributed by atoms with Gasteiger partial charge in [-0.05, 0) is 62.6 Å². The van der Waals surface area contributed by atoms with E-state index in [4.69, 9.17) is 20.8 Å². The number of nitrogens with one attached hydrogen (secondary N) is 1. The highest BCUT2D eigenvalue weighted by atomic mass is 35.5. The molecule has 1 heterocycles. The van der Waals surface area contributed by atoms with Gasteiger partial charge in [0.05, 0.1) is 28.1 Å². The molecule has 0 unspecified atom stereocenters. The number of benzene rings is 2. The van der Waals surface area contributed by atoms with Crippen LogP contribution in [0.25, 0.3) is 22.3 Å². The SMILES string of the molecule is O=C(O)C1(NCCCOc2cc(C(F)(F)F)ccc2-c2cc(=O)c3cccc(Cl)c3o2)CCC1. The lowest BCUT2D eigenvalue weighted by Gasteiger charge is -2.38. The summed E-state index contributed by atoms with van der Waals surface area (Å²) in [6.45, 7) is 0.344. The average molecular weight is 496 g/mol. The van der Waals surface area contributed by atoms with Gasteiger partial charge in [0.2, 0.25) is 0 Å². The molecule has 1 saturated carbocycles. The summed E-state index contributed by atoms with van der Waals surface area (Å²) in [4.78, 5) is 24.0. The van der Waals surface area contributed by atoms with Crippen LogP contribution in [0.15, 0.2) is 51.7 Å². The van der Waals surface area contributed by atoms with Crippen LogP contribution >= 0.6 is 11.6 Å². The van der Waals surface area contributed by atoms with E-state index >= 15 is 0 Å². The second kappa shape index (κ2) is 9.31. The van der Waals surface area contributed by atoms with Crippen molar-refractivity contribution in [1.82, 2.24) is 5.32 Å². The fourth-order valence-electron chi connectivity index (χ4n) is 3.88. The predicted molar refractivity (Wildman–Crippen MR) is 120 cm³/mol. The van der Waals surface area contributed by atoms with E-state index in [1.54, 1.807) is 18.2 Å². The summed E-state index contributed by atoms with van der Waals surface area (Å²) in [5, 5.41) is 12.8. The summed E-state index contributed by atoms with van der Waals surface area (Å²) in [7, 11) is 0. The van der Waals surface area contributed by atoms with Crippen LogP contribution in [0.4, 0.5) is 13.2 Å². The third kappa shape index (κ3) is 4.76. The molecule has 3 aromatic rings. The summed E-state index contributed by atoms with van der Waals surface area (Å²) < 4.78 is 51.4. The van der Waals surface area contributed by atoms with Gasteiger partial charge >= 0.3 is 12.1 Å². The molecule has 0 spiro atoms. The monoisotopic (exact) mass is 495 g/mol. The zero-order valence-corrected chi connectivity index (χ0v) is 18.6. The summed E-state index contributed by atoms with van der Waals surface area (Å²) in [5.74, 6) is -1.00. The first-order valence-electron chi connectivity index (χ1n) is 10.7. The van der Waals surface area contributed by atoms with Crippen molar-refractivity contribution in [2.75, 3.05) is 13.2 Å². The quantitative estimate of drug-likeness (QED) is 0.401. The number of halogens is 4. The Hall–Kier alpha value is -3.04. The van der Waals surface area contributed by atoms with E-state index in [0.717, 1.165) is 18.6 Å². The van der Waals surface area contributed by atoms with E-state index in [-0.39, 0.29) is 39.7 Å². The molecule has 4 rings (SSSR count). The number of carboxylic acids is 1. The van der Waals surface area contributed by atoms with Crippen molar-refractivity contribution in [3.8, 4) is 17.1 Å². The van der Waals surface area contributed by atoms with Crippen LogP contribution < -0.4 is 15.5 Å². The number of fused-ring (bicyclic) bond motifs is 1. The zero-order valence-electron chi connectivity index (χ0n) is 17.9. The van der Waals surface area contributed by atoms with Gasteiger partial charge in [-0.2, -0.15) is 13.2 Å². The van der Waals surface area contributed by atoms with Gasteiger partial charge in [0.15, 0.2) is 11.0 Å². The standard InChI is InChI=1S/C24H21ClF3NO5/c25-17-5-1-4-15-18(30)13-20(34-21(15)17)16-7-6-14(24(26,27)28)12-19(16)33-11-3-10-29-23(22(31)32)8-2-9-23/h1,4-7,12-13,29H,2-3,8-11H2,(H,31,32). The normalized spacial score (nSPS) is 15.2. The van der Waals surface area contributed by atoms with Crippen molar-refractivity contribution < 1.29 is 32.2 Å². The molecule has 0 atom stereocenters. The summed E-state index contributed by atoms with van der Waals surface area (Å²) in [5.41, 5.74) is -1.95. The van der Waals surface area contributed by atoms with E-state index < -0.39 is 28.7 Å². The highest BCUT2D eigenvalue weighted by Gasteiger charge is 2.43. The second-order valence-electron chi connectivity index (χ2n) is 8.17. The molecule has 0 amide bonds. The zero-order chi connectivity index (χ0) is 24.5. The van der Waals surface area contributed by atoms with Crippen LogP contribution in [-0.2, 0) is 11.0 Å². The number of aliphatic carboxylic acids is 1. The summed E-state index contributed by atoms with van der Waals surface area (Å²) in [6, 6.07) is 8.78. The van der Waals surface area contributed by atoms with Crippen molar-refractivity contribution in [3.05, 3.63) is 63.3 Å². The minimum atomic E-state index is -4.59. The molecule has 2 N–H and O–H groups in total. The first kappa shape index (κ1) is 24.1. The molecular formula is C24H21ClF3NO5. The van der Waals surface area contributed by atoms with Crippen molar-refractivity contribution in [2.45, 2.75) is 37.4 Å². The summed E-state index contributed by atoms with van der Waals surface area (Å²) in [6.07, 6.45) is -2.35. The number of hydrogen-bond acceptors (Lipinski definition) is 5. The highest BCUT2D eigenvalue weighted by molar-refractivity contribution is 6.34. The Kier molecular flexibility index (Phi) is 6.60. The van der Waals surface area contributed by atoms with Crippen LogP contribution in [0.5, 0.6) is 5.75 Å². The lowest BCUT2D eigenvalue weighted by molar-refractivity contribution is -0.148. The third-order valence-electron chi connectivity index (χ3n) is 5.94. The maximum atomic E-state index is 13.3. The number of alkyl halides is 3. The molecule has 0 aliphatic heterocycles. The fourth-order valence-corrected chi connectivity index (χ4v) is 4.09. The van der Waals surface area contributed by atoms with Crippen LogP contribution in [-0.4, -0.2) is 29.8 Å². The largest absolute Gasteiger partial charge is 0.493 e. The lowest BCUT2D eigenvalue weighted by Crippen LogP contribution is -2.57. The van der Waals surface area contributed by atoms with E-state index in [2.05, 4.69) is 5.32 Å². The number of rotatable bonds is 8. The van der Waals surface area contributed by atoms with Crippen LogP contribution in [0.2, 0.25) is 5.02 Å². The molecule has 0 saturated heterocycles. The molecule has 1 fully saturated rings. The van der Waals surface area contributed by atoms with Gasteiger partial charge in [-0.25, -0.2) is 0 Å². The van der Waals surface area contributed by atoms with Gasteiger partial charge in [0, 0.05) is 6.07 Å². The van der Waals surface area contributed by atoms with E-state index in [0.29, 0.717) is 25.8 Å². The van der Waals surface area contributed by atoms with Crippen LogP contribution in [0, 0.1) is 0 Å². The lowest BCUT2D eigenvalue weighted by atomic mass is 9.77. The molecule has 180 valence electrons. The Morgan fingerprint density at radius 3 is 2.62 bits per heavy atom. The smallest absolute Gasteiger partial charge is 0.416 e. The average Bonchev–Trinajstić information content (AvgIpc) is 2.74. The minimum Gasteiger partial charge on any atom is -0.493 e. The molecule has 0 radical (unpaired) electrons. The number of hydrogen-bond donors (Lipinski definition) is 2. The van der Waals surface area contributed by atoms with Crippen molar-refractivity contribution >= 4 is 28.5 Å². The topological polar surface area (TPSA) is 88.8 Å². The van der Waals surface area contributed by atoms with Gasteiger partial charge in [-0.1, -0.05) is 17.7 Å². The second-order valence-corrected chi connectivity index (χ2v) is 8.58. The molecule has 10 heteroatoms. The first-order valence-corrected chi connectivity index (χ1v) is 11.0. The summed E-state index contributed by atoms with van der Waals surface area (Å²) >= 11 is 6.15. The van der Waals surface area contributed by atoms with Gasteiger partial charge in [0.1, 0.15) is 17.0 Å². The molecule has 1 aliphatic rings. The molecule has 6 nitrogen and oxygen atoms in total. The molecule has 1 aromatic heterocycles. The maximum absolute atomic E-state index is 13.3. The Balaban J connectivity index is 1.59. The van der Waals surface area contributed by atoms with E-state index in [1.165, 1.54) is 12.1 Å². The van der Waals surface area contributed by atoms with Crippen molar-refractivity contribution in [1.29, 1.82) is 0 Å². The molecule has 1 aliphatic carbocycles. The van der Waals surface area contributed by atoms with Crippen molar-refractivity contribution in [2.24, 2.45) is 0 Å². The fraction of sp³-hybridized carbons (Fsp3) is 0.333. The van der Waals surface area contributed by atoms with Gasteiger partial charge < -0.3 is 19.6 Å². The third-order valence-corrected chi connectivity index (χ3v) is 6.24.